The number of nitrogens with one attached hydrogen (secondary N) is 1. The summed E-state index contributed by atoms with van der Waals surface area (Å²) in [5.74, 6) is 0.316. The van der Waals surface area contributed by atoms with Gasteiger partial charge in [0.2, 0.25) is 0 Å². The Bertz CT molecular complexity index is 731. The van der Waals surface area contributed by atoms with Crippen molar-refractivity contribution < 1.29 is 4.39 Å². The van der Waals surface area contributed by atoms with Crippen LogP contribution < -0.4 is 5.73 Å². The second-order valence-electron chi connectivity index (χ2n) is 4.30. The van der Waals surface area contributed by atoms with Crippen molar-refractivity contribution in [1.82, 2.24) is 9.97 Å². The molecule has 0 radical (unpaired) electrons. The number of aromatic amines is 1. The Morgan fingerprint density at radius 3 is 2.83 bits per heavy atom. The summed E-state index contributed by atoms with van der Waals surface area (Å²) in [4.78, 5) is 7.41. The van der Waals surface area contributed by atoms with E-state index < -0.39 is 0 Å². The lowest BCUT2D eigenvalue weighted by Gasteiger charge is -2.03. The molecule has 0 saturated carbocycles. The van der Waals surface area contributed by atoms with Crippen LogP contribution in [0.3, 0.4) is 0 Å². The number of rotatable bonds is 1. The Morgan fingerprint density at radius 2 is 2.06 bits per heavy atom. The molecule has 0 bridgehead atoms. The van der Waals surface area contributed by atoms with Crippen LogP contribution in [0.1, 0.15) is 5.56 Å². The van der Waals surface area contributed by atoms with Crippen LogP contribution in [0.15, 0.2) is 36.4 Å². The number of fused-ring (bicyclic) bond motifs is 1. The number of para-hydroxylation sites is 1. The SMILES string of the molecule is Cc1ccc(N)cc1-c1nc2c(F)cccc2[nH]1. The highest BCUT2D eigenvalue weighted by molar-refractivity contribution is 5.81. The number of hydrogen-bond acceptors (Lipinski definition) is 2. The third kappa shape index (κ3) is 1.62. The van der Waals surface area contributed by atoms with E-state index in [1.165, 1.54) is 6.07 Å². The van der Waals surface area contributed by atoms with Gasteiger partial charge in [0.15, 0.2) is 5.82 Å². The third-order valence-corrected chi connectivity index (χ3v) is 2.98. The third-order valence-electron chi connectivity index (χ3n) is 2.98. The topological polar surface area (TPSA) is 54.7 Å². The molecule has 2 aromatic carbocycles. The standard InChI is InChI=1S/C14H12FN3/c1-8-5-6-9(16)7-10(8)14-17-12-4-2-3-11(15)13(12)18-14/h2-7H,16H2,1H3,(H,17,18). The Balaban J connectivity index is 2.26. The van der Waals surface area contributed by atoms with Crippen LogP contribution in [0.2, 0.25) is 0 Å². The lowest BCUT2D eigenvalue weighted by Crippen LogP contribution is -1.90. The van der Waals surface area contributed by atoms with Gasteiger partial charge in [-0.05, 0) is 36.8 Å². The van der Waals surface area contributed by atoms with Crippen molar-refractivity contribution in [1.29, 1.82) is 0 Å². The number of nitrogens with zero attached hydrogens (tertiary/aromatic N) is 1. The first-order valence-electron chi connectivity index (χ1n) is 5.66. The van der Waals surface area contributed by atoms with Gasteiger partial charge in [0.05, 0.1) is 5.52 Å². The average molecular weight is 241 g/mol. The molecule has 3 aromatic rings. The van der Waals surface area contributed by atoms with Gasteiger partial charge in [-0.3, -0.25) is 0 Å². The van der Waals surface area contributed by atoms with Gasteiger partial charge >= 0.3 is 0 Å². The monoisotopic (exact) mass is 241 g/mol. The summed E-state index contributed by atoms with van der Waals surface area (Å²) in [6, 6.07) is 10.5. The normalized spacial score (nSPS) is 11.0. The van der Waals surface area contributed by atoms with E-state index >= 15 is 0 Å². The minimum atomic E-state index is -0.323. The summed E-state index contributed by atoms with van der Waals surface area (Å²) < 4.78 is 13.6. The van der Waals surface area contributed by atoms with Gasteiger partial charge in [-0.1, -0.05) is 12.1 Å². The molecule has 0 spiro atoms. The van der Waals surface area contributed by atoms with Crippen molar-refractivity contribution in [2.75, 3.05) is 5.73 Å². The molecule has 4 heteroatoms. The molecule has 0 amide bonds. The molecule has 3 N–H and O–H groups in total. The fourth-order valence-electron chi connectivity index (χ4n) is 2.02. The number of nitrogens with two attached hydrogens (primary N) is 1. The molecule has 90 valence electrons. The molecule has 0 aliphatic heterocycles. The fourth-order valence-corrected chi connectivity index (χ4v) is 2.02. The maximum atomic E-state index is 13.6. The van der Waals surface area contributed by atoms with E-state index in [-0.39, 0.29) is 5.82 Å². The summed E-state index contributed by atoms with van der Waals surface area (Å²) in [6.07, 6.45) is 0. The summed E-state index contributed by atoms with van der Waals surface area (Å²) in [6.45, 7) is 1.97. The van der Waals surface area contributed by atoms with Crippen molar-refractivity contribution in [2.45, 2.75) is 6.92 Å². The zero-order valence-corrected chi connectivity index (χ0v) is 9.87. The van der Waals surface area contributed by atoms with Crippen molar-refractivity contribution in [3.63, 3.8) is 0 Å². The van der Waals surface area contributed by atoms with Gasteiger partial charge in [0.25, 0.3) is 0 Å². The second kappa shape index (κ2) is 3.84. The number of H-pyrrole nitrogens is 1. The zero-order chi connectivity index (χ0) is 12.7. The van der Waals surface area contributed by atoms with Gasteiger partial charge in [0.1, 0.15) is 11.3 Å². The van der Waals surface area contributed by atoms with Crippen LogP contribution >= 0.6 is 0 Å². The number of hydrogen-bond donors (Lipinski definition) is 2. The number of nitrogen functional groups attached to an aromatic ring is 1. The predicted molar refractivity (Wildman–Crippen MR) is 70.6 cm³/mol. The number of anilines is 1. The molecular weight excluding hydrogens is 229 g/mol. The number of aryl methyl sites for hydroxylation is 1. The molecule has 0 fully saturated rings. The van der Waals surface area contributed by atoms with Gasteiger partial charge in [0, 0.05) is 11.3 Å². The van der Waals surface area contributed by atoms with Crippen molar-refractivity contribution >= 4 is 16.7 Å². The maximum absolute atomic E-state index is 13.6. The Hall–Kier alpha value is -2.36. The summed E-state index contributed by atoms with van der Waals surface area (Å²) in [5.41, 5.74) is 9.42. The molecule has 1 aromatic heterocycles. The van der Waals surface area contributed by atoms with Crippen LogP contribution in [0, 0.1) is 12.7 Å². The largest absolute Gasteiger partial charge is 0.399 e. The van der Waals surface area contributed by atoms with Crippen molar-refractivity contribution in [2.24, 2.45) is 0 Å². The highest BCUT2D eigenvalue weighted by Crippen LogP contribution is 2.26. The number of aromatic nitrogens is 2. The van der Waals surface area contributed by atoms with Crippen LogP contribution in [0.4, 0.5) is 10.1 Å². The van der Waals surface area contributed by atoms with Gasteiger partial charge in [-0.25, -0.2) is 9.37 Å². The molecule has 3 nitrogen and oxygen atoms in total. The van der Waals surface area contributed by atoms with Crippen LogP contribution in [-0.4, -0.2) is 9.97 Å². The van der Waals surface area contributed by atoms with Crippen LogP contribution in [-0.2, 0) is 0 Å². The molecule has 18 heavy (non-hydrogen) atoms. The Kier molecular flexibility index (Phi) is 2.30. The minimum absolute atomic E-state index is 0.323. The van der Waals surface area contributed by atoms with E-state index in [1.807, 2.05) is 25.1 Å². The fraction of sp³-hybridized carbons (Fsp3) is 0.0714. The lowest BCUT2D eigenvalue weighted by molar-refractivity contribution is 0.637. The van der Waals surface area contributed by atoms with Gasteiger partial charge < -0.3 is 10.7 Å². The predicted octanol–water partition coefficient (Wildman–Crippen LogP) is 3.26. The highest BCUT2D eigenvalue weighted by atomic mass is 19.1. The van der Waals surface area contributed by atoms with E-state index in [2.05, 4.69) is 9.97 Å². The van der Waals surface area contributed by atoms with E-state index in [9.17, 15) is 4.39 Å². The number of benzene rings is 2. The first kappa shape index (κ1) is 10.8. The second-order valence-corrected chi connectivity index (χ2v) is 4.30. The molecule has 0 saturated heterocycles. The molecule has 0 aliphatic rings. The van der Waals surface area contributed by atoms with E-state index in [0.717, 1.165) is 11.1 Å². The van der Waals surface area contributed by atoms with Crippen LogP contribution in [0.25, 0.3) is 22.4 Å². The minimum Gasteiger partial charge on any atom is -0.399 e. The lowest BCUT2D eigenvalue weighted by atomic mass is 10.1. The van der Waals surface area contributed by atoms with Crippen molar-refractivity contribution in [3.05, 3.63) is 47.8 Å². The first-order chi connectivity index (χ1) is 8.65. The molecule has 3 rings (SSSR count). The van der Waals surface area contributed by atoms with Crippen molar-refractivity contribution in [3.8, 4) is 11.4 Å². The summed E-state index contributed by atoms with van der Waals surface area (Å²) in [5, 5.41) is 0. The van der Waals surface area contributed by atoms with E-state index in [1.54, 1.807) is 12.1 Å². The van der Waals surface area contributed by atoms with Crippen LogP contribution in [0.5, 0.6) is 0 Å². The molecule has 1 heterocycles. The molecular formula is C14H12FN3. The number of imidazole rings is 1. The summed E-state index contributed by atoms with van der Waals surface area (Å²) >= 11 is 0. The summed E-state index contributed by atoms with van der Waals surface area (Å²) in [7, 11) is 0. The maximum Gasteiger partial charge on any atom is 0.151 e. The average Bonchev–Trinajstić information content (AvgIpc) is 2.77. The van der Waals surface area contributed by atoms with E-state index in [4.69, 9.17) is 5.73 Å². The molecule has 0 unspecified atom stereocenters. The molecule has 0 atom stereocenters. The Labute approximate surface area is 103 Å². The van der Waals surface area contributed by atoms with Gasteiger partial charge in [-0.15, -0.1) is 0 Å². The zero-order valence-electron chi connectivity index (χ0n) is 9.87. The van der Waals surface area contributed by atoms with E-state index in [0.29, 0.717) is 22.5 Å². The highest BCUT2D eigenvalue weighted by Gasteiger charge is 2.10. The number of halogens is 1. The molecule has 0 aliphatic carbocycles. The van der Waals surface area contributed by atoms with Gasteiger partial charge in [-0.2, -0.15) is 0 Å². The smallest absolute Gasteiger partial charge is 0.151 e. The first-order valence-corrected chi connectivity index (χ1v) is 5.66. The quantitative estimate of drug-likeness (QED) is 0.642. The Morgan fingerprint density at radius 1 is 1.22 bits per heavy atom.